The van der Waals surface area contributed by atoms with Gasteiger partial charge >= 0.3 is 12.6 Å². The molecule has 2 aromatic heterocycles. The minimum Gasteiger partial charge on any atom is -0.455 e. The number of para-hydroxylation sites is 1. The highest BCUT2D eigenvalue weighted by Crippen LogP contribution is 2.21. The maximum Gasteiger partial charge on any atom is 0.387 e. The van der Waals surface area contributed by atoms with Crippen LogP contribution in [0.15, 0.2) is 53.5 Å². The number of hydrogen-bond acceptors (Lipinski definition) is 5. The molecule has 1 aromatic carbocycles. The van der Waals surface area contributed by atoms with Crippen LogP contribution in [-0.2, 0) is 11.3 Å². The lowest BCUT2D eigenvalue weighted by Gasteiger charge is -2.10. The smallest absolute Gasteiger partial charge is 0.387 e. The van der Waals surface area contributed by atoms with Gasteiger partial charge in [-0.3, -0.25) is 9.20 Å². The predicted molar refractivity (Wildman–Crippen MR) is 88.4 cm³/mol. The van der Waals surface area contributed by atoms with Gasteiger partial charge in [0.2, 0.25) is 0 Å². The van der Waals surface area contributed by atoms with Crippen LogP contribution in [0.3, 0.4) is 0 Å². The molecule has 0 saturated carbocycles. The Bertz CT molecular complexity index is 1020. The Balaban J connectivity index is 1.82. The molecule has 6 nitrogen and oxygen atoms in total. The summed E-state index contributed by atoms with van der Waals surface area (Å²) in [6.07, 6.45) is 1.59. The fourth-order valence-electron chi connectivity index (χ4n) is 2.43. The largest absolute Gasteiger partial charge is 0.455 e. The normalized spacial score (nSPS) is 10.9. The van der Waals surface area contributed by atoms with E-state index in [2.05, 4.69) is 9.72 Å². The van der Waals surface area contributed by atoms with Crippen molar-refractivity contribution in [3.63, 3.8) is 0 Å². The molecule has 0 radical (unpaired) electrons. The van der Waals surface area contributed by atoms with E-state index in [9.17, 15) is 18.4 Å². The van der Waals surface area contributed by atoms with Crippen LogP contribution >= 0.6 is 0 Å². The minimum absolute atomic E-state index is 0.138. The van der Waals surface area contributed by atoms with Gasteiger partial charge in [0.15, 0.2) is 0 Å². The molecule has 0 atom stereocenters. The first kappa shape index (κ1) is 17.5. The molecule has 0 saturated heterocycles. The number of aromatic nitrogens is 2. The molecule has 0 aliphatic rings. The molecular weight excluding hydrogens is 346 g/mol. The van der Waals surface area contributed by atoms with Crippen LogP contribution in [0.1, 0.15) is 21.6 Å². The number of alkyl halides is 2. The molecule has 0 spiro atoms. The third kappa shape index (κ3) is 3.69. The number of pyridine rings is 1. The van der Waals surface area contributed by atoms with Crippen LogP contribution in [0, 0.1) is 6.92 Å². The van der Waals surface area contributed by atoms with Gasteiger partial charge in [-0.2, -0.15) is 8.78 Å². The summed E-state index contributed by atoms with van der Waals surface area (Å²) in [5.74, 6) is -1.14. The molecule has 3 rings (SSSR count). The van der Waals surface area contributed by atoms with Crippen molar-refractivity contribution in [2.45, 2.75) is 20.1 Å². The van der Waals surface area contributed by atoms with Crippen molar-refractivity contribution in [2.75, 3.05) is 0 Å². The maximum absolute atomic E-state index is 12.4. The quantitative estimate of drug-likeness (QED) is 0.655. The highest BCUT2D eigenvalue weighted by atomic mass is 19.3. The number of aryl methyl sites for hydroxylation is 1. The fraction of sp³-hybridized carbons (Fsp3) is 0.167. The molecule has 3 aromatic rings. The summed E-state index contributed by atoms with van der Waals surface area (Å²) in [7, 11) is 0. The monoisotopic (exact) mass is 360 g/mol. The number of esters is 1. The van der Waals surface area contributed by atoms with Crippen LogP contribution in [-0.4, -0.2) is 22.0 Å². The van der Waals surface area contributed by atoms with E-state index in [0.29, 0.717) is 5.65 Å². The molecular formula is C18H14F2N2O4. The van der Waals surface area contributed by atoms with Crippen molar-refractivity contribution < 1.29 is 23.0 Å². The molecule has 134 valence electrons. The SMILES string of the molecule is Cc1cccn2c(=O)cc(COC(=O)c3ccccc3OC(F)F)nc12. The molecule has 0 N–H and O–H groups in total. The molecule has 0 aliphatic heterocycles. The van der Waals surface area contributed by atoms with Crippen molar-refractivity contribution in [3.05, 3.63) is 75.8 Å². The van der Waals surface area contributed by atoms with Gasteiger partial charge in [-0.1, -0.05) is 18.2 Å². The first-order valence-corrected chi connectivity index (χ1v) is 7.64. The molecule has 2 heterocycles. The van der Waals surface area contributed by atoms with Crippen LogP contribution in [0.2, 0.25) is 0 Å². The minimum atomic E-state index is -3.06. The summed E-state index contributed by atoms with van der Waals surface area (Å²) >= 11 is 0. The summed E-state index contributed by atoms with van der Waals surface area (Å²) in [5, 5.41) is 0. The lowest BCUT2D eigenvalue weighted by Crippen LogP contribution is -2.17. The number of fused-ring (bicyclic) bond motifs is 1. The standard InChI is InChI=1S/C18H14F2N2O4/c1-11-5-4-8-22-15(23)9-12(21-16(11)22)10-25-17(24)13-6-2-3-7-14(13)26-18(19)20/h2-9,18H,10H2,1H3. The van der Waals surface area contributed by atoms with Crippen molar-refractivity contribution in [1.82, 2.24) is 9.38 Å². The van der Waals surface area contributed by atoms with E-state index in [1.165, 1.54) is 34.7 Å². The zero-order chi connectivity index (χ0) is 18.7. The first-order chi connectivity index (χ1) is 12.5. The van der Waals surface area contributed by atoms with Crippen molar-refractivity contribution in [2.24, 2.45) is 0 Å². The summed E-state index contributed by atoms with van der Waals surface area (Å²) in [5.41, 5.74) is 1.04. The Morgan fingerprint density at radius 3 is 2.77 bits per heavy atom. The van der Waals surface area contributed by atoms with Crippen LogP contribution in [0.5, 0.6) is 5.75 Å². The number of hydrogen-bond donors (Lipinski definition) is 0. The van der Waals surface area contributed by atoms with E-state index in [1.807, 2.05) is 0 Å². The number of nitrogens with zero attached hydrogens (tertiary/aromatic N) is 2. The Hall–Kier alpha value is -3.29. The topological polar surface area (TPSA) is 69.9 Å². The lowest BCUT2D eigenvalue weighted by molar-refractivity contribution is -0.0505. The van der Waals surface area contributed by atoms with Gasteiger partial charge in [-0.15, -0.1) is 0 Å². The third-order valence-corrected chi connectivity index (χ3v) is 3.61. The predicted octanol–water partition coefficient (Wildman–Crippen LogP) is 2.96. The zero-order valence-corrected chi connectivity index (χ0v) is 13.7. The maximum atomic E-state index is 12.4. The van der Waals surface area contributed by atoms with Crippen LogP contribution in [0.4, 0.5) is 8.78 Å². The summed E-state index contributed by atoms with van der Waals surface area (Å²) in [6.45, 7) is -1.54. The Morgan fingerprint density at radius 1 is 1.23 bits per heavy atom. The van der Waals surface area contributed by atoms with E-state index in [0.717, 1.165) is 5.56 Å². The lowest BCUT2D eigenvalue weighted by atomic mass is 10.2. The number of rotatable bonds is 5. The van der Waals surface area contributed by atoms with Crippen molar-refractivity contribution >= 4 is 11.6 Å². The molecule has 0 bridgehead atoms. The Labute approximate surface area is 146 Å². The number of carbonyl (C=O) groups is 1. The highest BCUT2D eigenvalue weighted by Gasteiger charge is 2.17. The zero-order valence-electron chi connectivity index (χ0n) is 13.7. The van der Waals surface area contributed by atoms with Gasteiger partial charge in [-0.05, 0) is 30.7 Å². The van der Waals surface area contributed by atoms with E-state index in [1.54, 1.807) is 25.3 Å². The molecule has 26 heavy (non-hydrogen) atoms. The van der Waals surface area contributed by atoms with Crippen LogP contribution < -0.4 is 10.3 Å². The molecule has 0 unspecified atom stereocenters. The number of carbonyl (C=O) groups excluding carboxylic acids is 1. The average Bonchev–Trinajstić information content (AvgIpc) is 2.60. The second-order valence-electron chi connectivity index (χ2n) is 5.42. The molecule has 0 amide bonds. The van der Waals surface area contributed by atoms with E-state index < -0.39 is 12.6 Å². The first-order valence-electron chi connectivity index (χ1n) is 7.64. The van der Waals surface area contributed by atoms with E-state index in [-0.39, 0.29) is 29.2 Å². The average molecular weight is 360 g/mol. The van der Waals surface area contributed by atoms with Crippen molar-refractivity contribution in [3.8, 4) is 5.75 Å². The van der Waals surface area contributed by atoms with Gasteiger partial charge in [0.05, 0.1) is 5.69 Å². The number of halogens is 2. The summed E-state index contributed by atoms with van der Waals surface area (Å²) in [6, 6.07) is 10.3. The molecule has 8 heteroatoms. The third-order valence-electron chi connectivity index (χ3n) is 3.61. The van der Waals surface area contributed by atoms with Gasteiger partial charge in [0.1, 0.15) is 23.6 Å². The van der Waals surface area contributed by atoms with E-state index in [4.69, 9.17) is 4.74 Å². The Kier molecular flexibility index (Phi) is 4.92. The Morgan fingerprint density at radius 2 is 2.00 bits per heavy atom. The summed E-state index contributed by atoms with van der Waals surface area (Å²) in [4.78, 5) is 28.6. The number of ether oxygens (including phenoxy) is 2. The van der Waals surface area contributed by atoms with Gasteiger partial charge in [0, 0.05) is 12.3 Å². The molecule has 0 fully saturated rings. The molecule has 0 aliphatic carbocycles. The fourth-order valence-corrected chi connectivity index (χ4v) is 2.43. The van der Waals surface area contributed by atoms with Gasteiger partial charge in [-0.25, -0.2) is 9.78 Å². The second kappa shape index (κ2) is 7.30. The van der Waals surface area contributed by atoms with E-state index >= 15 is 0 Å². The van der Waals surface area contributed by atoms with Crippen LogP contribution in [0.25, 0.3) is 5.65 Å². The van der Waals surface area contributed by atoms with Crippen molar-refractivity contribution in [1.29, 1.82) is 0 Å². The summed E-state index contributed by atoms with van der Waals surface area (Å²) < 4.78 is 35.6. The number of benzene rings is 1. The second-order valence-corrected chi connectivity index (χ2v) is 5.42. The highest BCUT2D eigenvalue weighted by molar-refractivity contribution is 5.92. The van der Waals surface area contributed by atoms with Gasteiger partial charge in [0.25, 0.3) is 5.56 Å². The van der Waals surface area contributed by atoms with Gasteiger partial charge < -0.3 is 9.47 Å².